The fourth-order valence-electron chi connectivity index (χ4n) is 8.73. The first-order chi connectivity index (χ1) is 34.0. The van der Waals surface area contributed by atoms with E-state index in [0.717, 1.165) is 83.5 Å². The first kappa shape index (κ1) is 66.4. The molecule has 1 atom stereocenters. The molecule has 0 bridgehead atoms. The zero-order valence-electron chi connectivity index (χ0n) is 46.1. The molecule has 0 heterocycles. The van der Waals surface area contributed by atoms with Gasteiger partial charge in [-0.2, -0.15) is 0 Å². The molecular formula is C63H114O6. The molecule has 0 saturated heterocycles. The monoisotopic (exact) mass is 967 g/mol. The summed E-state index contributed by atoms with van der Waals surface area (Å²) in [7, 11) is 0. The molecule has 0 spiro atoms. The van der Waals surface area contributed by atoms with Crippen molar-refractivity contribution in [3.8, 4) is 0 Å². The molecule has 0 rings (SSSR count). The van der Waals surface area contributed by atoms with Crippen molar-refractivity contribution in [1.29, 1.82) is 0 Å². The minimum Gasteiger partial charge on any atom is -0.462 e. The lowest BCUT2D eigenvalue weighted by molar-refractivity contribution is -0.167. The number of allylic oxidation sites excluding steroid dienone is 8. The second-order valence-electron chi connectivity index (χ2n) is 20.3. The molecule has 6 heteroatoms. The summed E-state index contributed by atoms with van der Waals surface area (Å²) in [6, 6.07) is 0. The molecule has 6 nitrogen and oxygen atoms in total. The summed E-state index contributed by atoms with van der Waals surface area (Å²) in [4.78, 5) is 38.2. The molecule has 0 aromatic rings. The summed E-state index contributed by atoms with van der Waals surface area (Å²) in [5.74, 6) is -0.884. The van der Waals surface area contributed by atoms with Gasteiger partial charge in [0.25, 0.3) is 0 Å². The highest BCUT2D eigenvalue weighted by Crippen LogP contribution is 2.17. The molecule has 0 aliphatic rings. The average Bonchev–Trinajstić information content (AvgIpc) is 3.35. The van der Waals surface area contributed by atoms with E-state index in [2.05, 4.69) is 69.4 Å². The third-order valence-electron chi connectivity index (χ3n) is 13.3. The van der Waals surface area contributed by atoms with Crippen molar-refractivity contribution >= 4 is 17.9 Å². The number of rotatable bonds is 55. The Morgan fingerprint density at radius 1 is 0.290 bits per heavy atom. The third-order valence-corrected chi connectivity index (χ3v) is 13.3. The molecule has 402 valence electrons. The SMILES string of the molecule is CCCC/C=C\CCCCCCCC(=O)OCC(COC(=O)CCCCCCCC/C=C\C/C=C\C/C=C\CCCCCCC)OC(=O)CCCCCCCCCCCCCCCCCCCCC. The van der Waals surface area contributed by atoms with E-state index in [4.69, 9.17) is 14.2 Å². The Balaban J connectivity index is 4.31. The molecule has 0 N–H and O–H groups in total. The first-order valence-corrected chi connectivity index (χ1v) is 30.1. The van der Waals surface area contributed by atoms with Gasteiger partial charge in [-0.3, -0.25) is 14.4 Å². The van der Waals surface area contributed by atoms with Crippen LogP contribution in [0.4, 0.5) is 0 Å². The predicted molar refractivity (Wildman–Crippen MR) is 298 cm³/mol. The lowest BCUT2D eigenvalue weighted by atomic mass is 10.0. The molecule has 0 amide bonds. The minimum atomic E-state index is -0.780. The topological polar surface area (TPSA) is 78.9 Å². The van der Waals surface area contributed by atoms with Gasteiger partial charge in [-0.25, -0.2) is 0 Å². The van der Waals surface area contributed by atoms with Gasteiger partial charge in [0, 0.05) is 19.3 Å². The van der Waals surface area contributed by atoms with E-state index in [1.807, 2.05) is 0 Å². The summed E-state index contributed by atoms with van der Waals surface area (Å²) in [6.07, 6.45) is 71.1. The van der Waals surface area contributed by atoms with E-state index in [9.17, 15) is 14.4 Å². The van der Waals surface area contributed by atoms with Crippen LogP contribution in [-0.2, 0) is 28.6 Å². The minimum absolute atomic E-state index is 0.0791. The van der Waals surface area contributed by atoms with Crippen LogP contribution in [0.2, 0.25) is 0 Å². The molecule has 1 unspecified atom stereocenters. The van der Waals surface area contributed by atoms with Crippen LogP contribution in [-0.4, -0.2) is 37.2 Å². The van der Waals surface area contributed by atoms with E-state index in [1.165, 1.54) is 193 Å². The molecule has 0 aromatic heterocycles. The van der Waals surface area contributed by atoms with Gasteiger partial charge in [0.05, 0.1) is 0 Å². The Morgan fingerprint density at radius 3 is 0.870 bits per heavy atom. The van der Waals surface area contributed by atoms with Crippen molar-refractivity contribution < 1.29 is 28.6 Å². The number of ether oxygens (including phenoxy) is 3. The molecular weight excluding hydrogens is 853 g/mol. The number of hydrogen-bond donors (Lipinski definition) is 0. The van der Waals surface area contributed by atoms with E-state index in [-0.39, 0.29) is 31.1 Å². The van der Waals surface area contributed by atoms with E-state index in [1.54, 1.807) is 0 Å². The fraction of sp³-hybridized carbons (Fsp3) is 0.825. The van der Waals surface area contributed by atoms with Gasteiger partial charge in [-0.15, -0.1) is 0 Å². The standard InChI is InChI=1S/C63H114O6/c1-4-7-10-13-16-19-22-24-26-28-30-31-33-34-36-38-41-44-47-50-53-56-62(65)68-59-60(58-67-61(64)55-52-49-46-43-40-21-18-15-12-9-6-3)69-63(66)57-54-51-48-45-42-39-37-35-32-29-27-25-23-20-17-14-11-8-5-2/h15,18,22,24,28,30,33-34,60H,4-14,16-17,19-21,23,25-27,29,31-32,35-59H2,1-3H3/b18-15-,24-22-,30-28-,34-33-. The maximum absolute atomic E-state index is 12.9. The molecule has 0 aromatic carbocycles. The van der Waals surface area contributed by atoms with Gasteiger partial charge < -0.3 is 14.2 Å². The van der Waals surface area contributed by atoms with Gasteiger partial charge >= 0.3 is 17.9 Å². The summed E-state index contributed by atoms with van der Waals surface area (Å²) in [6.45, 7) is 6.61. The Morgan fingerprint density at radius 2 is 0.536 bits per heavy atom. The second kappa shape index (κ2) is 57.9. The lowest BCUT2D eigenvalue weighted by Crippen LogP contribution is -2.30. The molecule has 0 fully saturated rings. The van der Waals surface area contributed by atoms with Crippen molar-refractivity contribution in [2.45, 2.75) is 322 Å². The number of esters is 3. The number of hydrogen-bond acceptors (Lipinski definition) is 6. The highest BCUT2D eigenvalue weighted by molar-refractivity contribution is 5.71. The van der Waals surface area contributed by atoms with Gasteiger partial charge in [-0.1, -0.05) is 268 Å². The Hall–Kier alpha value is -2.63. The molecule has 0 aliphatic heterocycles. The highest BCUT2D eigenvalue weighted by Gasteiger charge is 2.19. The predicted octanol–water partition coefficient (Wildman–Crippen LogP) is 20.2. The zero-order chi connectivity index (χ0) is 50.0. The summed E-state index contributed by atoms with van der Waals surface area (Å²) < 4.78 is 16.9. The largest absolute Gasteiger partial charge is 0.462 e. The van der Waals surface area contributed by atoms with Crippen LogP contribution in [0.3, 0.4) is 0 Å². The first-order valence-electron chi connectivity index (χ1n) is 30.1. The average molecular weight is 968 g/mol. The van der Waals surface area contributed by atoms with Crippen LogP contribution < -0.4 is 0 Å². The van der Waals surface area contributed by atoms with Crippen LogP contribution >= 0.6 is 0 Å². The van der Waals surface area contributed by atoms with Crippen LogP contribution in [0.5, 0.6) is 0 Å². The van der Waals surface area contributed by atoms with Crippen molar-refractivity contribution in [2.75, 3.05) is 13.2 Å². The van der Waals surface area contributed by atoms with Crippen molar-refractivity contribution in [1.82, 2.24) is 0 Å². The van der Waals surface area contributed by atoms with Crippen molar-refractivity contribution in [3.63, 3.8) is 0 Å². The molecule has 69 heavy (non-hydrogen) atoms. The molecule has 0 saturated carbocycles. The van der Waals surface area contributed by atoms with E-state index in [0.29, 0.717) is 19.3 Å². The molecule has 0 aliphatic carbocycles. The Bertz CT molecular complexity index is 1200. The van der Waals surface area contributed by atoms with Crippen molar-refractivity contribution in [3.05, 3.63) is 48.6 Å². The molecule has 0 radical (unpaired) electrons. The summed E-state index contributed by atoms with van der Waals surface area (Å²) >= 11 is 0. The maximum Gasteiger partial charge on any atom is 0.306 e. The maximum atomic E-state index is 12.9. The normalized spacial score (nSPS) is 12.3. The summed E-state index contributed by atoms with van der Waals surface area (Å²) in [5.41, 5.74) is 0. The van der Waals surface area contributed by atoms with Gasteiger partial charge in [0.15, 0.2) is 6.10 Å². The highest BCUT2D eigenvalue weighted by atomic mass is 16.6. The number of carbonyl (C=O) groups is 3. The number of unbranched alkanes of at least 4 members (excludes halogenated alkanes) is 36. The van der Waals surface area contributed by atoms with E-state index >= 15 is 0 Å². The fourth-order valence-corrected chi connectivity index (χ4v) is 8.73. The van der Waals surface area contributed by atoms with Crippen LogP contribution in [0.15, 0.2) is 48.6 Å². The van der Waals surface area contributed by atoms with Crippen LogP contribution in [0.25, 0.3) is 0 Å². The quantitative estimate of drug-likeness (QED) is 0.0262. The van der Waals surface area contributed by atoms with Crippen LogP contribution in [0.1, 0.15) is 316 Å². The lowest BCUT2D eigenvalue weighted by Gasteiger charge is -2.18. The smallest absolute Gasteiger partial charge is 0.306 e. The Labute approximate surface area is 428 Å². The van der Waals surface area contributed by atoms with E-state index < -0.39 is 6.10 Å². The summed E-state index contributed by atoms with van der Waals surface area (Å²) in [5, 5.41) is 0. The van der Waals surface area contributed by atoms with Crippen molar-refractivity contribution in [2.24, 2.45) is 0 Å². The zero-order valence-corrected chi connectivity index (χ0v) is 46.1. The third kappa shape index (κ3) is 56.2. The van der Waals surface area contributed by atoms with Crippen LogP contribution in [0, 0.1) is 0 Å². The van der Waals surface area contributed by atoms with Gasteiger partial charge in [0.2, 0.25) is 0 Å². The number of carbonyl (C=O) groups excluding carboxylic acids is 3. The second-order valence-corrected chi connectivity index (χ2v) is 20.3. The van der Waals surface area contributed by atoms with Gasteiger partial charge in [0.1, 0.15) is 13.2 Å². The van der Waals surface area contributed by atoms with Gasteiger partial charge in [-0.05, 0) is 77.0 Å². The Kier molecular flexibility index (Phi) is 55.7.